The summed E-state index contributed by atoms with van der Waals surface area (Å²) in [6, 6.07) is 2.37. The van der Waals surface area contributed by atoms with Crippen molar-refractivity contribution in [2.75, 3.05) is 25.0 Å². The quantitative estimate of drug-likeness (QED) is 0.761. The fraction of sp³-hybridized carbons (Fsp3) is 0.444. The molecule has 2 heterocycles. The lowest BCUT2D eigenvalue weighted by Gasteiger charge is -2.34. The Labute approximate surface area is 156 Å². The number of hydrogen-bond acceptors (Lipinski definition) is 4. The molecule has 0 spiro atoms. The van der Waals surface area contributed by atoms with Crippen molar-refractivity contribution in [2.45, 2.75) is 32.7 Å². The number of carbonyl (C=O) groups excluding carboxylic acids is 2. The molecule has 1 aromatic carbocycles. The van der Waals surface area contributed by atoms with Gasteiger partial charge < -0.3 is 25.1 Å². The highest BCUT2D eigenvalue weighted by Gasteiger charge is 2.32. The molecule has 1 aliphatic heterocycles. The molecule has 0 saturated carbocycles. The molecular formula is C18H22ClN3O4. The van der Waals surface area contributed by atoms with Crippen molar-refractivity contribution in [2.24, 2.45) is 0 Å². The van der Waals surface area contributed by atoms with Gasteiger partial charge in [-0.1, -0.05) is 18.5 Å². The number of amides is 3. The van der Waals surface area contributed by atoms with Gasteiger partial charge in [0.1, 0.15) is 11.8 Å². The molecule has 8 heteroatoms. The number of halogens is 1. The second kappa shape index (κ2) is 7.55. The lowest BCUT2D eigenvalue weighted by atomic mass is 10.1. The summed E-state index contributed by atoms with van der Waals surface area (Å²) in [5.74, 6) is 0.605. The fourth-order valence-electron chi connectivity index (χ4n) is 3.30. The first-order chi connectivity index (χ1) is 12.5. The Balaban J connectivity index is 1.86. The predicted octanol–water partition coefficient (Wildman–Crippen LogP) is 2.67. The molecule has 0 unspecified atom stereocenters. The average molecular weight is 380 g/mol. The van der Waals surface area contributed by atoms with E-state index in [1.54, 1.807) is 6.07 Å². The zero-order valence-electron chi connectivity index (χ0n) is 14.8. The third kappa shape index (κ3) is 3.37. The summed E-state index contributed by atoms with van der Waals surface area (Å²) in [6.45, 7) is 4.55. The number of aliphatic hydroxyl groups excluding tert-OH is 1. The summed E-state index contributed by atoms with van der Waals surface area (Å²) in [6.07, 6.45) is 0.948. The molecule has 3 rings (SSSR count). The molecular weight excluding hydrogens is 358 g/mol. The summed E-state index contributed by atoms with van der Waals surface area (Å²) in [5.41, 5.74) is 2.14. The Morgan fingerprint density at radius 1 is 1.50 bits per heavy atom. The molecule has 1 saturated heterocycles. The Morgan fingerprint density at radius 3 is 2.96 bits per heavy atom. The molecule has 0 radical (unpaired) electrons. The van der Waals surface area contributed by atoms with Gasteiger partial charge >= 0.3 is 6.03 Å². The molecule has 1 aliphatic rings. The highest BCUT2D eigenvalue weighted by molar-refractivity contribution is 6.35. The molecule has 3 amide bonds. The number of furan rings is 1. The van der Waals surface area contributed by atoms with Gasteiger partial charge in [0.2, 0.25) is 5.91 Å². The number of fused-ring (bicyclic) bond motifs is 1. The van der Waals surface area contributed by atoms with Gasteiger partial charge in [-0.2, -0.15) is 0 Å². The lowest BCUT2D eigenvalue weighted by Crippen LogP contribution is -2.58. The second-order valence-corrected chi connectivity index (χ2v) is 6.69. The van der Waals surface area contributed by atoms with Gasteiger partial charge in [-0.3, -0.25) is 4.79 Å². The van der Waals surface area contributed by atoms with Crippen LogP contribution in [0, 0.1) is 6.92 Å². The maximum atomic E-state index is 12.7. The summed E-state index contributed by atoms with van der Waals surface area (Å²) < 4.78 is 5.78. The number of aryl methyl sites for hydroxylation is 2. The number of nitrogens with one attached hydrogen (secondary N) is 2. The van der Waals surface area contributed by atoms with Crippen LogP contribution in [0.5, 0.6) is 0 Å². The van der Waals surface area contributed by atoms with E-state index in [1.807, 2.05) is 19.9 Å². The van der Waals surface area contributed by atoms with Crippen molar-refractivity contribution < 1.29 is 19.1 Å². The average Bonchev–Trinajstić information content (AvgIpc) is 2.93. The van der Waals surface area contributed by atoms with E-state index in [0.29, 0.717) is 29.4 Å². The van der Waals surface area contributed by atoms with Crippen LogP contribution in [0.2, 0.25) is 5.02 Å². The number of rotatable bonds is 4. The number of hydrogen-bond donors (Lipinski definition) is 3. The zero-order chi connectivity index (χ0) is 18.8. The number of benzene rings is 1. The number of nitrogens with zero attached hydrogens (tertiary/aromatic N) is 1. The lowest BCUT2D eigenvalue weighted by molar-refractivity contribution is -0.128. The van der Waals surface area contributed by atoms with Gasteiger partial charge in [0, 0.05) is 37.2 Å². The van der Waals surface area contributed by atoms with Gasteiger partial charge in [-0.25, -0.2) is 4.79 Å². The summed E-state index contributed by atoms with van der Waals surface area (Å²) in [7, 11) is 0. The van der Waals surface area contributed by atoms with Crippen LogP contribution in [-0.4, -0.2) is 47.7 Å². The highest BCUT2D eigenvalue weighted by atomic mass is 35.5. The molecule has 1 fully saturated rings. The Kier molecular flexibility index (Phi) is 5.38. The normalized spacial score (nSPS) is 17.5. The topological polar surface area (TPSA) is 94.8 Å². The van der Waals surface area contributed by atoms with Crippen LogP contribution < -0.4 is 10.6 Å². The van der Waals surface area contributed by atoms with E-state index in [0.717, 1.165) is 23.1 Å². The molecule has 0 aliphatic carbocycles. The van der Waals surface area contributed by atoms with Gasteiger partial charge in [-0.15, -0.1) is 0 Å². The summed E-state index contributed by atoms with van der Waals surface area (Å²) in [5, 5.41) is 16.0. The first-order valence-electron chi connectivity index (χ1n) is 8.64. The maximum absolute atomic E-state index is 12.7. The van der Waals surface area contributed by atoms with Crippen LogP contribution in [0.25, 0.3) is 11.0 Å². The van der Waals surface area contributed by atoms with Crippen LogP contribution in [0.1, 0.15) is 24.7 Å². The largest absolute Gasteiger partial charge is 0.459 e. The molecule has 3 N–H and O–H groups in total. The maximum Gasteiger partial charge on any atom is 0.322 e. The predicted molar refractivity (Wildman–Crippen MR) is 99.6 cm³/mol. The van der Waals surface area contributed by atoms with Gasteiger partial charge in [-0.05, 0) is 31.0 Å². The van der Waals surface area contributed by atoms with Crippen LogP contribution in [0.3, 0.4) is 0 Å². The first-order valence-corrected chi connectivity index (χ1v) is 9.01. The van der Waals surface area contributed by atoms with E-state index in [4.69, 9.17) is 16.0 Å². The van der Waals surface area contributed by atoms with E-state index < -0.39 is 12.1 Å². The van der Waals surface area contributed by atoms with Crippen molar-refractivity contribution in [3.05, 3.63) is 28.5 Å². The number of piperazine rings is 1. The molecule has 1 aromatic heterocycles. The molecule has 1 atom stereocenters. The minimum Gasteiger partial charge on any atom is -0.459 e. The van der Waals surface area contributed by atoms with Gasteiger partial charge in [0.25, 0.3) is 0 Å². The summed E-state index contributed by atoms with van der Waals surface area (Å²) in [4.78, 5) is 26.1. The van der Waals surface area contributed by atoms with E-state index in [2.05, 4.69) is 10.6 Å². The van der Waals surface area contributed by atoms with Gasteiger partial charge in [0.15, 0.2) is 5.58 Å². The van der Waals surface area contributed by atoms with Crippen molar-refractivity contribution in [3.8, 4) is 0 Å². The first kappa shape index (κ1) is 18.5. The summed E-state index contributed by atoms with van der Waals surface area (Å²) >= 11 is 6.32. The molecule has 7 nitrogen and oxygen atoms in total. The minimum atomic E-state index is -0.685. The molecule has 26 heavy (non-hydrogen) atoms. The Hall–Kier alpha value is -2.25. The van der Waals surface area contributed by atoms with Crippen LogP contribution >= 0.6 is 11.6 Å². The van der Waals surface area contributed by atoms with Crippen LogP contribution in [-0.2, 0) is 11.2 Å². The van der Waals surface area contributed by atoms with E-state index >= 15 is 0 Å². The number of urea groups is 1. The number of aliphatic hydroxyl groups is 1. The van der Waals surface area contributed by atoms with Crippen LogP contribution in [0.4, 0.5) is 10.5 Å². The third-order valence-electron chi connectivity index (χ3n) is 4.66. The van der Waals surface area contributed by atoms with Crippen molar-refractivity contribution in [1.29, 1.82) is 0 Å². The van der Waals surface area contributed by atoms with Crippen molar-refractivity contribution >= 4 is 40.2 Å². The Morgan fingerprint density at radius 2 is 2.27 bits per heavy atom. The monoisotopic (exact) mass is 379 g/mol. The Bertz CT molecular complexity index is 849. The fourth-order valence-corrected chi connectivity index (χ4v) is 3.56. The zero-order valence-corrected chi connectivity index (χ0v) is 15.5. The smallest absolute Gasteiger partial charge is 0.322 e. The molecule has 140 valence electrons. The third-order valence-corrected chi connectivity index (χ3v) is 4.94. The number of anilines is 1. The number of carbonyl (C=O) groups is 2. The van der Waals surface area contributed by atoms with Gasteiger partial charge in [0.05, 0.1) is 5.02 Å². The van der Waals surface area contributed by atoms with E-state index in [1.165, 1.54) is 4.90 Å². The molecule has 2 aromatic rings. The second-order valence-electron chi connectivity index (χ2n) is 6.28. The van der Waals surface area contributed by atoms with E-state index in [9.17, 15) is 14.7 Å². The minimum absolute atomic E-state index is 0.173. The standard InChI is InChI=1S/C18H22ClN3O4/c1-3-15-10(2)12-8-11(9-13(19)16(12)26-15)21-18(25)22-6-5-20-17(24)14(22)4-7-23/h8-9,14,23H,3-7H2,1-2H3,(H,20,24)(H,21,25)/t14-/m1/s1. The van der Waals surface area contributed by atoms with Crippen LogP contribution in [0.15, 0.2) is 16.5 Å². The van der Waals surface area contributed by atoms with E-state index in [-0.39, 0.29) is 18.9 Å². The van der Waals surface area contributed by atoms with Crippen molar-refractivity contribution in [3.63, 3.8) is 0 Å². The highest BCUT2D eigenvalue weighted by Crippen LogP contribution is 2.34. The SMILES string of the molecule is CCc1oc2c(Cl)cc(NC(=O)N3CCNC(=O)[C@H]3CCO)cc2c1C. The van der Waals surface area contributed by atoms with Crippen molar-refractivity contribution in [1.82, 2.24) is 10.2 Å². The molecule has 0 bridgehead atoms.